The summed E-state index contributed by atoms with van der Waals surface area (Å²) < 4.78 is 7.36. The molecule has 0 aliphatic heterocycles. The first-order valence-electron chi connectivity index (χ1n) is 9.29. The van der Waals surface area contributed by atoms with Gasteiger partial charge in [-0.05, 0) is 51.4 Å². The quantitative estimate of drug-likeness (QED) is 0.421. The molecule has 7 heteroatoms. The molecule has 6 nitrogen and oxygen atoms in total. The topological polar surface area (TPSA) is 64.2 Å². The van der Waals surface area contributed by atoms with Crippen LogP contribution in [0.2, 0.25) is 0 Å². The number of hydrogen-bond acceptors (Lipinski definition) is 6. The number of thioether (sulfide) groups is 1. The van der Waals surface area contributed by atoms with Gasteiger partial charge >= 0.3 is 0 Å². The number of ketones is 1. The molecule has 28 heavy (non-hydrogen) atoms. The van der Waals surface area contributed by atoms with Crippen molar-refractivity contribution >= 4 is 17.5 Å². The number of aryl methyl sites for hydroxylation is 2. The van der Waals surface area contributed by atoms with E-state index in [1.54, 1.807) is 11.8 Å². The summed E-state index contributed by atoms with van der Waals surface area (Å²) in [6.07, 6.45) is 2.79. The highest BCUT2D eigenvalue weighted by molar-refractivity contribution is 7.98. The summed E-state index contributed by atoms with van der Waals surface area (Å²) in [4.78, 5) is 20.3. The Morgan fingerprint density at radius 1 is 1.29 bits per heavy atom. The SMILES string of the molecule is CCc1noc(CN(C)CC(=O)c2cc(C)n(-c3cccc(SC)c3)c2C)n1. The lowest BCUT2D eigenvalue weighted by atomic mass is 10.1. The largest absolute Gasteiger partial charge is 0.338 e. The minimum atomic E-state index is 0.0816. The summed E-state index contributed by atoms with van der Waals surface area (Å²) in [6.45, 7) is 6.75. The molecule has 1 aromatic carbocycles. The van der Waals surface area contributed by atoms with Crippen LogP contribution in [-0.2, 0) is 13.0 Å². The van der Waals surface area contributed by atoms with Crippen LogP contribution in [0.15, 0.2) is 39.8 Å². The molecule has 2 aromatic heterocycles. The standard InChI is InChI=1S/C21H26N4O2S/c1-6-20-22-21(27-23-20)13-24(4)12-19(26)18-10-14(2)25(15(18)3)16-8-7-9-17(11-16)28-5/h7-11H,6,12-13H2,1-5H3. The third-order valence-electron chi connectivity index (χ3n) is 4.69. The first kappa shape index (κ1) is 20.4. The number of hydrogen-bond donors (Lipinski definition) is 0. The van der Waals surface area contributed by atoms with Crippen molar-refractivity contribution in [1.82, 2.24) is 19.6 Å². The van der Waals surface area contributed by atoms with Crippen LogP contribution in [-0.4, -0.2) is 45.2 Å². The van der Waals surface area contributed by atoms with Crippen LogP contribution in [0.4, 0.5) is 0 Å². The fraction of sp³-hybridized carbons (Fsp3) is 0.381. The van der Waals surface area contributed by atoms with Gasteiger partial charge in [-0.1, -0.05) is 18.1 Å². The molecular weight excluding hydrogens is 372 g/mol. The van der Waals surface area contributed by atoms with E-state index in [9.17, 15) is 4.79 Å². The Kier molecular flexibility index (Phi) is 6.36. The van der Waals surface area contributed by atoms with E-state index in [1.165, 1.54) is 4.90 Å². The molecule has 0 amide bonds. The summed E-state index contributed by atoms with van der Waals surface area (Å²) >= 11 is 1.71. The Hall–Kier alpha value is -2.38. The summed E-state index contributed by atoms with van der Waals surface area (Å²) in [6, 6.07) is 10.3. The molecule has 3 aromatic rings. The van der Waals surface area contributed by atoms with Crippen LogP contribution < -0.4 is 0 Å². The van der Waals surface area contributed by atoms with E-state index in [0.717, 1.165) is 29.1 Å². The van der Waals surface area contributed by atoms with Crippen LogP contribution in [0.3, 0.4) is 0 Å². The van der Waals surface area contributed by atoms with Crippen molar-refractivity contribution in [2.24, 2.45) is 0 Å². The van der Waals surface area contributed by atoms with Crippen molar-refractivity contribution < 1.29 is 9.32 Å². The third kappa shape index (κ3) is 4.36. The van der Waals surface area contributed by atoms with Gasteiger partial charge in [-0.15, -0.1) is 11.8 Å². The highest BCUT2D eigenvalue weighted by Gasteiger charge is 2.19. The highest BCUT2D eigenvalue weighted by atomic mass is 32.2. The van der Waals surface area contributed by atoms with E-state index in [2.05, 4.69) is 39.2 Å². The van der Waals surface area contributed by atoms with Crippen molar-refractivity contribution in [2.45, 2.75) is 38.6 Å². The maximum Gasteiger partial charge on any atom is 0.240 e. The number of aromatic nitrogens is 3. The lowest BCUT2D eigenvalue weighted by Gasteiger charge is -2.14. The average molecular weight is 399 g/mol. The number of nitrogens with zero attached hydrogens (tertiary/aromatic N) is 4. The number of rotatable bonds is 8. The molecule has 2 heterocycles. The van der Waals surface area contributed by atoms with Crippen molar-refractivity contribution in [3.05, 3.63) is 59.0 Å². The Balaban J connectivity index is 1.76. The lowest BCUT2D eigenvalue weighted by molar-refractivity contribution is 0.0936. The van der Waals surface area contributed by atoms with E-state index < -0.39 is 0 Å². The van der Waals surface area contributed by atoms with Gasteiger partial charge in [-0.2, -0.15) is 4.98 Å². The summed E-state index contributed by atoms with van der Waals surface area (Å²) in [7, 11) is 1.88. The van der Waals surface area contributed by atoms with Crippen LogP contribution in [0, 0.1) is 13.8 Å². The summed E-state index contributed by atoms with van der Waals surface area (Å²) in [5.74, 6) is 1.30. The van der Waals surface area contributed by atoms with Gasteiger partial charge in [0.15, 0.2) is 11.6 Å². The molecule has 0 saturated heterocycles. The van der Waals surface area contributed by atoms with Crippen molar-refractivity contribution in [1.29, 1.82) is 0 Å². The predicted molar refractivity (Wildman–Crippen MR) is 111 cm³/mol. The fourth-order valence-corrected chi connectivity index (χ4v) is 3.76. The van der Waals surface area contributed by atoms with E-state index in [4.69, 9.17) is 4.52 Å². The number of carbonyl (C=O) groups is 1. The third-order valence-corrected chi connectivity index (χ3v) is 5.41. The van der Waals surface area contributed by atoms with Gasteiger partial charge in [0.2, 0.25) is 5.89 Å². The Labute approximate surface area is 169 Å². The zero-order valence-electron chi connectivity index (χ0n) is 17.0. The Morgan fingerprint density at radius 2 is 2.07 bits per heavy atom. The molecule has 0 bridgehead atoms. The zero-order valence-corrected chi connectivity index (χ0v) is 17.8. The van der Waals surface area contributed by atoms with Crippen molar-refractivity contribution in [3.63, 3.8) is 0 Å². The Bertz CT molecular complexity index is 977. The maximum absolute atomic E-state index is 12.9. The van der Waals surface area contributed by atoms with Gasteiger partial charge in [0, 0.05) is 34.0 Å². The van der Waals surface area contributed by atoms with Gasteiger partial charge < -0.3 is 9.09 Å². The van der Waals surface area contributed by atoms with Crippen LogP contribution in [0.25, 0.3) is 5.69 Å². The zero-order chi connectivity index (χ0) is 20.3. The monoisotopic (exact) mass is 398 g/mol. The first-order valence-corrected chi connectivity index (χ1v) is 10.5. The minimum absolute atomic E-state index is 0.0816. The average Bonchev–Trinajstić information content (AvgIpc) is 3.25. The molecule has 0 N–H and O–H groups in total. The number of carbonyl (C=O) groups excluding carboxylic acids is 1. The van der Waals surface area contributed by atoms with E-state index in [-0.39, 0.29) is 5.78 Å². The molecule has 0 unspecified atom stereocenters. The van der Waals surface area contributed by atoms with E-state index in [0.29, 0.717) is 24.8 Å². The molecule has 0 aliphatic rings. The predicted octanol–water partition coefficient (Wildman–Crippen LogP) is 4.08. The van der Waals surface area contributed by atoms with Gasteiger partial charge in [-0.3, -0.25) is 9.69 Å². The van der Waals surface area contributed by atoms with Gasteiger partial charge in [-0.25, -0.2) is 0 Å². The highest BCUT2D eigenvalue weighted by Crippen LogP contribution is 2.24. The molecule has 3 rings (SSSR count). The molecule has 0 spiro atoms. The normalized spacial score (nSPS) is 11.4. The molecule has 0 radical (unpaired) electrons. The maximum atomic E-state index is 12.9. The molecular formula is C21H26N4O2S. The minimum Gasteiger partial charge on any atom is -0.338 e. The van der Waals surface area contributed by atoms with E-state index in [1.807, 2.05) is 44.9 Å². The molecule has 0 atom stereocenters. The van der Waals surface area contributed by atoms with Gasteiger partial charge in [0.25, 0.3) is 0 Å². The van der Waals surface area contributed by atoms with Crippen LogP contribution >= 0.6 is 11.8 Å². The fourth-order valence-electron chi connectivity index (χ4n) is 3.31. The van der Waals surface area contributed by atoms with Crippen molar-refractivity contribution in [2.75, 3.05) is 19.8 Å². The van der Waals surface area contributed by atoms with Crippen LogP contribution in [0.1, 0.15) is 40.4 Å². The van der Waals surface area contributed by atoms with Gasteiger partial charge in [0.05, 0.1) is 13.1 Å². The second-order valence-corrected chi connectivity index (χ2v) is 7.75. The smallest absolute Gasteiger partial charge is 0.240 e. The number of likely N-dealkylation sites (N-methyl/N-ethyl adjacent to an activating group) is 1. The first-order chi connectivity index (χ1) is 13.4. The molecule has 0 fully saturated rings. The van der Waals surface area contributed by atoms with Crippen molar-refractivity contribution in [3.8, 4) is 5.69 Å². The summed E-state index contributed by atoms with van der Waals surface area (Å²) in [5.41, 5.74) is 3.83. The molecule has 148 valence electrons. The lowest BCUT2D eigenvalue weighted by Crippen LogP contribution is -2.26. The summed E-state index contributed by atoms with van der Waals surface area (Å²) in [5, 5.41) is 3.90. The number of Topliss-reactive ketones (excluding diaryl/α,β-unsaturated/α-hetero) is 1. The molecule has 0 saturated carbocycles. The van der Waals surface area contributed by atoms with Crippen LogP contribution in [0.5, 0.6) is 0 Å². The van der Waals surface area contributed by atoms with Gasteiger partial charge in [0.1, 0.15) is 0 Å². The molecule has 0 aliphatic carbocycles. The second kappa shape index (κ2) is 8.75. The Morgan fingerprint density at radius 3 is 2.75 bits per heavy atom. The second-order valence-electron chi connectivity index (χ2n) is 6.88. The van der Waals surface area contributed by atoms with E-state index >= 15 is 0 Å². The number of benzene rings is 1.